The van der Waals surface area contributed by atoms with Crippen molar-refractivity contribution in [2.45, 2.75) is 0 Å². The van der Waals surface area contributed by atoms with Crippen LogP contribution in [0.5, 0.6) is 0 Å². The largest absolute Gasteiger partial charge is 0.0843 e. The van der Waals surface area contributed by atoms with E-state index in [1.165, 1.54) is 76.5 Å². The molecule has 0 aliphatic rings. The molecule has 0 aliphatic carbocycles. The Morgan fingerprint density at radius 2 is 0.375 bits per heavy atom. The lowest BCUT2D eigenvalue weighted by Crippen LogP contribution is -1.92. The number of benzene rings is 9. The van der Waals surface area contributed by atoms with Crippen molar-refractivity contribution in [3.05, 3.63) is 180 Å². The zero-order valence-electron chi connectivity index (χ0n) is 25.9. The van der Waals surface area contributed by atoms with Gasteiger partial charge in [-0.1, -0.05) is 169 Å². The topological polar surface area (TPSA) is 0 Å². The van der Waals surface area contributed by atoms with Crippen molar-refractivity contribution in [2.24, 2.45) is 0 Å². The fourth-order valence-corrected chi connectivity index (χ4v) is 7.79. The highest BCUT2D eigenvalue weighted by Crippen LogP contribution is 2.46. The van der Waals surface area contributed by atoms with Gasteiger partial charge < -0.3 is 0 Å². The van der Waals surface area contributed by atoms with Gasteiger partial charge in [0.2, 0.25) is 0 Å². The van der Waals surface area contributed by atoms with Gasteiger partial charge >= 0.3 is 0 Å². The second-order valence-corrected chi connectivity index (χ2v) is 13.1. The van der Waals surface area contributed by atoms with E-state index in [1.54, 1.807) is 0 Å². The van der Waals surface area contributed by atoms with E-state index in [0.717, 1.165) is 21.2 Å². The predicted octanol–water partition coefficient (Wildman–Crippen LogP) is 14.3. The van der Waals surface area contributed by atoms with Gasteiger partial charge in [-0.2, -0.15) is 0 Å². The first kappa shape index (κ1) is 28.8. The fraction of sp³-hybridized carbons (Fsp3) is 0. The molecular weight excluding hydrogens is 623 g/mol. The Morgan fingerprint density at radius 1 is 0.208 bits per heavy atom. The minimum Gasteiger partial charge on any atom is -0.0843 e. The van der Waals surface area contributed by atoms with Gasteiger partial charge in [-0.15, -0.1) is 0 Å². The van der Waals surface area contributed by atoms with E-state index in [9.17, 15) is 0 Å². The van der Waals surface area contributed by atoms with Crippen LogP contribution in [0.25, 0.3) is 87.6 Å². The van der Waals surface area contributed by atoms with Crippen LogP contribution in [0.3, 0.4) is 0 Å². The summed E-state index contributed by atoms with van der Waals surface area (Å²) in [6, 6.07) is 60.6. The Kier molecular flexibility index (Phi) is 7.01. The van der Waals surface area contributed by atoms with Crippen molar-refractivity contribution < 1.29 is 0 Å². The van der Waals surface area contributed by atoms with E-state index < -0.39 is 0 Å². The average molecular weight is 652 g/mol. The Labute approximate surface area is 289 Å². The number of fused-ring (bicyclic) bond motifs is 4. The third-order valence-corrected chi connectivity index (χ3v) is 10.1. The second kappa shape index (κ2) is 11.7. The molecule has 0 N–H and O–H groups in total. The highest BCUT2D eigenvalue weighted by atomic mass is 35.5. The maximum atomic E-state index is 6.30. The molecule has 0 heterocycles. The monoisotopic (exact) mass is 650 g/mol. The minimum atomic E-state index is 0.740. The van der Waals surface area contributed by atoms with Crippen LogP contribution in [-0.4, -0.2) is 0 Å². The normalized spacial score (nSPS) is 11.5. The summed E-state index contributed by atoms with van der Waals surface area (Å²) in [6.45, 7) is 0. The van der Waals surface area contributed by atoms with Crippen molar-refractivity contribution in [2.75, 3.05) is 0 Å². The van der Waals surface area contributed by atoms with E-state index in [2.05, 4.69) is 146 Å². The molecule has 0 amide bonds. The van der Waals surface area contributed by atoms with E-state index in [1.807, 2.05) is 24.3 Å². The lowest BCUT2D eigenvalue weighted by atomic mass is 9.84. The first-order valence-electron chi connectivity index (χ1n) is 16.2. The van der Waals surface area contributed by atoms with E-state index in [0.29, 0.717) is 0 Å². The van der Waals surface area contributed by atoms with Gasteiger partial charge in [-0.05, 0) is 112 Å². The second-order valence-electron chi connectivity index (χ2n) is 12.3. The molecular formula is C46H28Cl2. The number of hydrogen-bond donors (Lipinski definition) is 0. The summed E-state index contributed by atoms with van der Waals surface area (Å²) in [5.74, 6) is 0. The summed E-state index contributed by atoms with van der Waals surface area (Å²) in [4.78, 5) is 0. The van der Waals surface area contributed by atoms with Crippen LogP contribution in [0.1, 0.15) is 0 Å². The fourth-order valence-electron chi connectivity index (χ4n) is 7.54. The zero-order valence-corrected chi connectivity index (χ0v) is 27.4. The molecule has 0 atom stereocenters. The molecule has 0 aromatic heterocycles. The Morgan fingerprint density at radius 3 is 0.562 bits per heavy atom. The van der Waals surface area contributed by atoms with Crippen molar-refractivity contribution in [1.82, 2.24) is 0 Å². The van der Waals surface area contributed by atoms with Gasteiger partial charge in [-0.25, -0.2) is 0 Å². The smallest absolute Gasteiger partial charge is 0.0406 e. The summed E-state index contributed by atoms with van der Waals surface area (Å²) in [7, 11) is 0. The summed E-state index contributed by atoms with van der Waals surface area (Å²) < 4.78 is 0. The Bertz CT molecular complexity index is 2350. The molecule has 0 unspecified atom stereocenters. The van der Waals surface area contributed by atoms with Crippen molar-refractivity contribution in [1.29, 1.82) is 0 Å². The molecule has 226 valence electrons. The molecule has 2 heteroatoms. The number of rotatable bonds is 4. The van der Waals surface area contributed by atoms with Gasteiger partial charge in [0.05, 0.1) is 0 Å². The quantitative estimate of drug-likeness (QED) is 0.166. The average Bonchev–Trinajstić information content (AvgIpc) is 3.14. The Balaban J connectivity index is 1.27. The van der Waals surface area contributed by atoms with Crippen molar-refractivity contribution in [3.8, 4) is 44.5 Å². The van der Waals surface area contributed by atoms with E-state index >= 15 is 0 Å². The maximum Gasteiger partial charge on any atom is 0.0406 e. The summed E-state index contributed by atoms with van der Waals surface area (Å²) in [5.41, 5.74) is 9.68. The molecule has 0 nitrogen and oxygen atoms in total. The molecule has 48 heavy (non-hydrogen) atoms. The standard InChI is InChI=1S/C46H28Cl2/c47-33-25-21-31(22-26-33)45-39-13-5-1-9-35(39)43(36-10-2-6-14-40(36)45)29-17-19-30(20-18-29)44-37-11-3-7-15-41(37)46(32-23-27-34(48)28-24-32)42-16-8-4-12-38(42)44/h1-28H. The highest BCUT2D eigenvalue weighted by molar-refractivity contribution is 6.31. The molecule has 0 radical (unpaired) electrons. The number of hydrogen-bond acceptors (Lipinski definition) is 0. The zero-order chi connectivity index (χ0) is 32.2. The molecule has 0 aliphatic heterocycles. The first-order valence-corrected chi connectivity index (χ1v) is 16.9. The van der Waals surface area contributed by atoms with Gasteiger partial charge in [0.15, 0.2) is 0 Å². The molecule has 0 saturated carbocycles. The van der Waals surface area contributed by atoms with Gasteiger partial charge in [0.25, 0.3) is 0 Å². The molecule has 9 aromatic carbocycles. The lowest BCUT2D eigenvalue weighted by molar-refractivity contribution is 1.63. The van der Waals surface area contributed by atoms with Crippen LogP contribution in [0.15, 0.2) is 170 Å². The van der Waals surface area contributed by atoms with Crippen LogP contribution in [0, 0.1) is 0 Å². The first-order chi connectivity index (χ1) is 23.7. The summed E-state index contributed by atoms with van der Waals surface area (Å²) in [5, 5.41) is 11.3. The SMILES string of the molecule is Clc1ccc(-c2c3ccccc3c(-c3ccc(-c4c5ccccc5c(-c5ccc(Cl)cc5)c5ccccc45)cc3)c3ccccc23)cc1. The van der Waals surface area contributed by atoms with Crippen LogP contribution in [0.4, 0.5) is 0 Å². The molecule has 0 fully saturated rings. The van der Waals surface area contributed by atoms with Crippen molar-refractivity contribution >= 4 is 66.3 Å². The van der Waals surface area contributed by atoms with Crippen LogP contribution in [-0.2, 0) is 0 Å². The van der Waals surface area contributed by atoms with Gasteiger partial charge in [0.1, 0.15) is 0 Å². The van der Waals surface area contributed by atoms with Crippen LogP contribution < -0.4 is 0 Å². The van der Waals surface area contributed by atoms with Crippen molar-refractivity contribution in [3.63, 3.8) is 0 Å². The van der Waals surface area contributed by atoms with E-state index in [4.69, 9.17) is 23.2 Å². The molecule has 0 spiro atoms. The lowest BCUT2D eigenvalue weighted by Gasteiger charge is -2.19. The minimum absolute atomic E-state index is 0.740. The summed E-state index contributed by atoms with van der Waals surface area (Å²) >= 11 is 12.6. The molecule has 9 rings (SSSR count). The van der Waals surface area contributed by atoms with Gasteiger partial charge in [-0.3, -0.25) is 0 Å². The predicted molar refractivity (Wildman–Crippen MR) is 208 cm³/mol. The molecule has 9 aromatic rings. The third-order valence-electron chi connectivity index (χ3n) is 9.59. The van der Waals surface area contributed by atoms with Crippen LogP contribution in [0.2, 0.25) is 10.0 Å². The van der Waals surface area contributed by atoms with Gasteiger partial charge in [0, 0.05) is 10.0 Å². The van der Waals surface area contributed by atoms with Crippen LogP contribution >= 0.6 is 23.2 Å². The maximum absolute atomic E-state index is 6.30. The Hall–Kier alpha value is -5.40. The van der Waals surface area contributed by atoms with E-state index in [-0.39, 0.29) is 0 Å². The highest BCUT2D eigenvalue weighted by Gasteiger charge is 2.19. The molecule has 0 bridgehead atoms. The summed E-state index contributed by atoms with van der Waals surface area (Å²) in [6.07, 6.45) is 0. The number of halogens is 2. The third kappa shape index (κ3) is 4.68. The molecule has 0 saturated heterocycles.